The quantitative estimate of drug-likeness (QED) is 0.829. The number of aliphatic hydroxyl groups is 1. The maximum atomic E-state index is 12.0. The van der Waals surface area contributed by atoms with Gasteiger partial charge >= 0.3 is 5.97 Å². The number of hydrogen-bond donors (Lipinski definition) is 1. The van der Waals surface area contributed by atoms with Crippen LogP contribution >= 0.6 is 27.5 Å². The van der Waals surface area contributed by atoms with Gasteiger partial charge in [-0.3, -0.25) is 4.79 Å². The zero-order valence-electron chi connectivity index (χ0n) is 10.6. The summed E-state index contributed by atoms with van der Waals surface area (Å²) in [6.07, 6.45) is 0. The number of aromatic nitrogens is 1. The van der Waals surface area contributed by atoms with E-state index in [1.165, 1.54) is 14.0 Å². The van der Waals surface area contributed by atoms with Crippen molar-refractivity contribution in [2.75, 3.05) is 7.11 Å². The summed E-state index contributed by atoms with van der Waals surface area (Å²) in [4.78, 5) is 23.8. The van der Waals surface area contributed by atoms with E-state index in [0.29, 0.717) is 9.63 Å². The minimum atomic E-state index is -2.00. The van der Waals surface area contributed by atoms with Crippen LogP contribution in [-0.2, 0) is 19.9 Å². The topological polar surface area (TPSA) is 68.5 Å². The highest BCUT2D eigenvalue weighted by Crippen LogP contribution is 2.50. The molecule has 0 bridgehead atoms. The Morgan fingerprint density at radius 3 is 2.63 bits per heavy atom. The molecule has 1 aliphatic heterocycles. The predicted octanol–water partition coefficient (Wildman–Crippen LogP) is 2.04. The highest BCUT2D eigenvalue weighted by Gasteiger charge is 2.59. The molecule has 0 aromatic carbocycles. The maximum absolute atomic E-state index is 12.0. The summed E-state index contributed by atoms with van der Waals surface area (Å²) in [7, 11) is 1.17. The summed E-state index contributed by atoms with van der Waals surface area (Å²) >= 11 is 9.38. The normalized spacial score (nSPS) is 29.2. The van der Waals surface area contributed by atoms with E-state index in [2.05, 4.69) is 20.7 Å². The van der Waals surface area contributed by atoms with Crippen LogP contribution in [0.4, 0.5) is 0 Å². The van der Waals surface area contributed by atoms with Crippen LogP contribution in [0.15, 0.2) is 10.5 Å². The number of methoxy groups -OCH3 is 1. The second kappa shape index (κ2) is 4.61. The lowest BCUT2D eigenvalue weighted by Crippen LogP contribution is -2.44. The second-order valence-electron chi connectivity index (χ2n) is 4.63. The van der Waals surface area contributed by atoms with Gasteiger partial charge in [0.15, 0.2) is 0 Å². The van der Waals surface area contributed by atoms with Crippen molar-refractivity contribution < 1.29 is 19.4 Å². The van der Waals surface area contributed by atoms with Crippen molar-refractivity contribution in [3.05, 3.63) is 21.4 Å². The van der Waals surface area contributed by atoms with Gasteiger partial charge in [0.2, 0.25) is 5.60 Å². The minimum Gasteiger partial charge on any atom is -0.467 e. The number of esters is 1. The number of nitrogens with zero attached hydrogens (tertiary/aromatic N) is 1. The van der Waals surface area contributed by atoms with Crippen molar-refractivity contribution in [3.63, 3.8) is 0 Å². The highest BCUT2D eigenvalue weighted by atomic mass is 79.9. The van der Waals surface area contributed by atoms with E-state index in [1.54, 1.807) is 17.6 Å². The van der Waals surface area contributed by atoms with Crippen LogP contribution in [0.2, 0.25) is 5.15 Å². The molecule has 0 unspecified atom stereocenters. The first-order chi connectivity index (χ1) is 8.76. The molecule has 1 N–H and O–H groups in total. The van der Waals surface area contributed by atoms with E-state index in [9.17, 15) is 14.7 Å². The molecule has 2 heterocycles. The molecule has 104 valence electrons. The van der Waals surface area contributed by atoms with Gasteiger partial charge in [0.25, 0.3) is 0 Å². The van der Waals surface area contributed by atoms with Crippen LogP contribution in [0.25, 0.3) is 0 Å². The van der Waals surface area contributed by atoms with Crippen molar-refractivity contribution >= 4 is 39.3 Å². The van der Waals surface area contributed by atoms with E-state index in [-0.39, 0.29) is 11.5 Å². The van der Waals surface area contributed by atoms with Gasteiger partial charge in [-0.1, -0.05) is 11.6 Å². The Kier molecular flexibility index (Phi) is 3.53. The molecule has 5 nitrogen and oxygen atoms in total. The van der Waals surface area contributed by atoms with Gasteiger partial charge in [-0.15, -0.1) is 0 Å². The second-order valence-corrected chi connectivity index (χ2v) is 5.84. The maximum Gasteiger partial charge on any atom is 0.345 e. The van der Waals surface area contributed by atoms with Gasteiger partial charge in [-0.2, -0.15) is 0 Å². The molecule has 0 saturated heterocycles. The van der Waals surface area contributed by atoms with E-state index < -0.39 is 23.5 Å². The summed E-state index contributed by atoms with van der Waals surface area (Å²) in [6, 6.07) is 1.11. The Labute approximate surface area is 123 Å². The van der Waals surface area contributed by atoms with Crippen molar-refractivity contribution in [2.24, 2.45) is 5.92 Å². The lowest BCUT2D eigenvalue weighted by molar-refractivity contribution is -0.172. The van der Waals surface area contributed by atoms with Crippen LogP contribution < -0.4 is 0 Å². The minimum absolute atomic E-state index is 0.268. The third-order valence-electron chi connectivity index (χ3n) is 3.60. The Hall–Kier alpha value is -0.850. The predicted molar refractivity (Wildman–Crippen MR) is 71.9 cm³/mol. The Bertz CT molecular complexity index is 570. The summed E-state index contributed by atoms with van der Waals surface area (Å²) in [5, 5.41) is 11.1. The van der Waals surface area contributed by atoms with Crippen LogP contribution in [0, 0.1) is 5.92 Å². The van der Waals surface area contributed by atoms with Gasteiger partial charge in [0.05, 0.1) is 23.2 Å². The number of ether oxygens (including phenoxy) is 1. The van der Waals surface area contributed by atoms with E-state index in [4.69, 9.17) is 11.6 Å². The number of ketones is 1. The number of halogens is 2. The third-order valence-corrected chi connectivity index (χ3v) is 4.81. The van der Waals surface area contributed by atoms with Gasteiger partial charge in [0.1, 0.15) is 10.9 Å². The number of carbonyl (C=O) groups excluding carboxylic acids is 2. The molecule has 7 heteroatoms. The van der Waals surface area contributed by atoms with Crippen LogP contribution in [0.5, 0.6) is 0 Å². The first-order valence-electron chi connectivity index (χ1n) is 5.64. The van der Waals surface area contributed by atoms with Crippen LogP contribution in [0.1, 0.15) is 25.6 Å². The Balaban J connectivity index is 2.72. The zero-order chi connectivity index (χ0) is 14.5. The molecule has 1 aliphatic rings. The standard InChI is InChI=1S/C12H13BrClNO4/c1-5-9(6(2)16)12(18,11(17)19-3)8-4-7(13)10(14)15(5)8/h4-5,9,18H,1-3H3/t5-,9+,12+/m1/s1. The zero-order valence-corrected chi connectivity index (χ0v) is 12.9. The molecule has 0 spiro atoms. The number of rotatable bonds is 2. The van der Waals surface area contributed by atoms with E-state index >= 15 is 0 Å². The molecule has 2 rings (SSSR count). The van der Waals surface area contributed by atoms with Crippen molar-refractivity contribution in [3.8, 4) is 0 Å². The summed E-state index contributed by atoms with van der Waals surface area (Å²) < 4.78 is 6.79. The number of carbonyl (C=O) groups is 2. The van der Waals surface area contributed by atoms with Gasteiger partial charge in [0, 0.05) is 6.04 Å². The molecular formula is C12H13BrClNO4. The number of hydrogen-bond acceptors (Lipinski definition) is 4. The molecule has 0 amide bonds. The molecule has 19 heavy (non-hydrogen) atoms. The van der Waals surface area contributed by atoms with E-state index in [0.717, 1.165) is 0 Å². The molecule has 3 atom stereocenters. The summed E-state index contributed by atoms with van der Waals surface area (Å²) in [5.41, 5.74) is -1.74. The first kappa shape index (κ1) is 14.6. The van der Waals surface area contributed by atoms with Gasteiger partial charge in [-0.25, -0.2) is 4.79 Å². The Morgan fingerprint density at radius 2 is 2.16 bits per heavy atom. The fraction of sp³-hybridized carbons (Fsp3) is 0.500. The van der Waals surface area contributed by atoms with E-state index in [1.807, 2.05) is 0 Å². The molecule has 0 aliphatic carbocycles. The molecule has 0 fully saturated rings. The largest absolute Gasteiger partial charge is 0.467 e. The average molecular weight is 351 g/mol. The van der Waals surface area contributed by atoms with Crippen LogP contribution in [0.3, 0.4) is 0 Å². The van der Waals surface area contributed by atoms with Crippen LogP contribution in [-0.4, -0.2) is 28.5 Å². The van der Waals surface area contributed by atoms with Gasteiger partial charge in [-0.05, 0) is 35.8 Å². The summed E-state index contributed by atoms with van der Waals surface area (Å²) in [5.74, 6) is -2.07. The van der Waals surface area contributed by atoms with Gasteiger partial charge < -0.3 is 14.4 Å². The SMILES string of the molecule is COC(=O)[C@]1(O)c2cc(Br)c(Cl)n2[C@H](C)[C@H]1C(C)=O. The van der Waals surface area contributed by atoms with Crippen molar-refractivity contribution in [2.45, 2.75) is 25.5 Å². The fourth-order valence-corrected chi connectivity index (χ4v) is 3.55. The average Bonchev–Trinajstić information content (AvgIpc) is 2.75. The third kappa shape index (κ3) is 1.77. The lowest BCUT2D eigenvalue weighted by atomic mass is 9.81. The summed E-state index contributed by atoms with van der Waals surface area (Å²) in [6.45, 7) is 3.07. The Morgan fingerprint density at radius 1 is 1.58 bits per heavy atom. The first-order valence-corrected chi connectivity index (χ1v) is 6.81. The molecule has 1 aromatic heterocycles. The molecule has 0 saturated carbocycles. The molecule has 1 aromatic rings. The molecule has 0 radical (unpaired) electrons. The number of fused-ring (bicyclic) bond motifs is 1. The smallest absolute Gasteiger partial charge is 0.345 e. The lowest BCUT2D eigenvalue weighted by Gasteiger charge is -2.26. The number of Topliss-reactive ketones (excluding diaryl/α,β-unsaturated/α-hetero) is 1. The van der Waals surface area contributed by atoms with Crippen molar-refractivity contribution in [1.29, 1.82) is 0 Å². The fourth-order valence-electron chi connectivity index (χ4n) is 2.84. The molecular weight excluding hydrogens is 337 g/mol. The van der Waals surface area contributed by atoms with Crippen molar-refractivity contribution in [1.82, 2.24) is 4.57 Å². The monoisotopic (exact) mass is 349 g/mol. The highest BCUT2D eigenvalue weighted by molar-refractivity contribution is 9.10.